The Hall–Kier alpha value is -0.930. The summed E-state index contributed by atoms with van der Waals surface area (Å²) in [5, 5.41) is 13.2. The van der Waals surface area contributed by atoms with E-state index >= 15 is 0 Å². The fourth-order valence-corrected chi connectivity index (χ4v) is 1.74. The largest absolute Gasteiger partial charge is 0.495 e. The lowest BCUT2D eigenvalue weighted by molar-refractivity contribution is 0.198. The monoisotopic (exact) mass is 257 g/mol. The zero-order chi connectivity index (χ0) is 12.8. The molecule has 17 heavy (non-hydrogen) atoms. The highest BCUT2D eigenvalue weighted by molar-refractivity contribution is 6.30. The van der Waals surface area contributed by atoms with E-state index < -0.39 is 0 Å². The lowest BCUT2D eigenvalue weighted by atomic mass is 9.97. The van der Waals surface area contributed by atoms with Crippen LogP contribution in [0, 0.1) is 11.8 Å². The van der Waals surface area contributed by atoms with Gasteiger partial charge in [0.05, 0.1) is 12.8 Å². The number of aliphatic hydroxyl groups is 1. The molecule has 0 bridgehead atoms. The van der Waals surface area contributed by atoms with Crippen LogP contribution in [0.2, 0.25) is 5.02 Å². The van der Waals surface area contributed by atoms with Crippen LogP contribution in [0.1, 0.15) is 13.8 Å². The van der Waals surface area contributed by atoms with Crippen molar-refractivity contribution >= 4 is 17.3 Å². The first-order valence-electron chi connectivity index (χ1n) is 5.76. The summed E-state index contributed by atoms with van der Waals surface area (Å²) in [5.74, 6) is 1.41. The van der Waals surface area contributed by atoms with Gasteiger partial charge in [-0.05, 0) is 24.1 Å². The number of halogens is 1. The second kappa shape index (κ2) is 6.72. The average molecular weight is 258 g/mol. The number of ether oxygens (including phenoxy) is 1. The van der Waals surface area contributed by atoms with Gasteiger partial charge in [-0.3, -0.25) is 0 Å². The number of aliphatic hydroxyl groups excluding tert-OH is 1. The van der Waals surface area contributed by atoms with Crippen LogP contribution in [-0.4, -0.2) is 25.4 Å². The van der Waals surface area contributed by atoms with Gasteiger partial charge >= 0.3 is 0 Å². The van der Waals surface area contributed by atoms with Crippen molar-refractivity contribution in [1.82, 2.24) is 0 Å². The van der Waals surface area contributed by atoms with Gasteiger partial charge in [0.25, 0.3) is 0 Å². The third-order valence-electron chi connectivity index (χ3n) is 2.89. The maximum Gasteiger partial charge on any atom is 0.142 e. The summed E-state index contributed by atoms with van der Waals surface area (Å²) >= 11 is 5.94. The SMILES string of the molecule is COc1ccc(Cl)cc1NCC(CO)C(C)C. The van der Waals surface area contributed by atoms with Gasteiger partial charge < -0.3 is 15.2 Å². The van der Waals surface area contributed by atoms with E-state index in [1.54, 1.807) is 13.2 Å². The van der Waals surface area contributed by atoms with E-state index in [4.69, 9.17) is 16.3 Å². The normalized spacial score (nSPS) is 12.6. The van der Waals surface area contributed by atoms with E-state index in [0.29, 0.717) is 17.5 Å². The quantitative estimate of drug-likeness (QED) is 0.823. The highest BCUT2D eigenvalue weighted by Crippen LogP contribution is 2.28. The van der Waals surface area contributed by atoms with Crippen molar-refractivity contribution in [2.45, 2.75) is 13.8 Å². The summed E-state index contributed by atoms with van der Waals surface area (Å²) in [7, 11) is 1.63. The Balaban J connectivity index is 2.70. The van der Waals surface area contributed by atoms with Crippen molar-refractivity contribution in [2.75, 3.05) is 25.6 Å². The van der Waals surface area contributed by atoms with Gasteiger partial charge in [0.1, 0.15) is 5.75 Å². The van der Waals surface area contributed by atoms with Crippen molar-refractivity contribution in [3.05, 3.63) is 23.2 Å². The highest BCUT2D eigenvalue weighted by Gasteiger charge is 2.13. The van der Waals surface area contributed by atoms with Crippen LogP contribution in [0.4, 0.5) is 5.69 Å². The van der Waals surface area contributed by atoms with Crippen molar-refractivity contribution < 1.29 is 9.84 Å². The van der Waals surface area contributed by atoms with Gasteiger partial charge in [0, 0.05) is 24.1 Å². The van der Waals surface area contributed by atoms with Crippen LogP contribution in [0.25, 0.3) is 0 Å². The zero-order valence-electron chi connectivity index (χ0n) is 10.5. The molecule has 96 valence electrons. The summed E-state index contributed by atoms with van der Waals surface area (Å²) < 4.78 is 5.24. The van der Waals surface area contributed by atoms with Gasteiger partial charge in [-0.25, -0.2) is 0 Å². The molecule has 1 aromatic rings. The van der Waals surface area contributed by atoms with Gasteiger partial charge in [0.15, 0.2) is 0 Å². The van der Waals surface area contributed by atoms with E-state index in [-0.39, 0.29) is 12.5 Å². The minimum Gasteiger partial charge on any atom is -0.495 e. The molecule has 0 heterocycles. The zero-order valence-corrected chi connectivity index (χ0v) is 11.3. The Bertz CT molecular complexity index is 355. The molecule has 0 radical (unpaired) electrons. The van der Waals surface area contributed by atoms with Crippen molar-refractivity contribution in [2.24, 2.45) is 11.8 Å². The minimum absolute atomic E-state index is 0.174. The molecule has 1 atom stereocenters. The second-order valence-electron chi connectivity index (χ2n) is 4.41. The first-order chi connectivity index (χ1) is 8.08. The maximum absolute atomic E-state index is 9.26. The summed E-state index contributed by atoms with van der Waals surface area (Å²) in [6.45, 7) is 5.06. The number of rotatable bonds is 6. The Morgan fingerprint density at radius 3 is 2.65 bits per heavy atom. The van der Waals surface area contributed by atoms with Gasteiger partial charge in [0.2, 0.25) is 0 Å². The van der Waals surface area contributed by atoms with Crippen LogP contribution < -0.4 is 10.1 Å². The van der Waals surface area contributed by atoms with Crippen molar-refractivity contribution in [1.29, 1.82) is 0 Å². The molecule has 3 nitrogen and oxygen atoms in total. The number of benzene rings is 1. The highest BCUT2D eigenvalue weighted by atomic mass is 35.5. The fraction of sp³-hybridized carbons (Fsp3) is 0.538. The molecule has 0 fully saturated rings. The van der Waals surface area contributed by atoms with Crippen LogP contribution in [-0.2, 0) is 0 Å². The van der Waals surface area contributed by atoms with E-state index in [1.165, 1.54) is 0 Å². The Morgan fingerprint density at radius 1 is 1.41 bits per heavy atom. The van der Waals surface area contributed by atoms with E-state index in [9.17, 15) is 5.11 Å². The molecule has 4 heteroatoms. The lowest BCUT2D eigenvalue weighted by Gasteiger charge is -2.20. The Kier molecular flexibility index (Phi) is 5.59. The van der Waals surface area contributed by atoms with Gasteiger partial charge in [-0.2, -0.15) is 0 Å². The number of anilines is 1. The number of nitrogens with one attached hydrogen (secondary N) is 1. The second-order valence-corrected chi connectivity index (χ2v) is 4.85. The Morgan fingerprint density at radius 2 is 2.12 bits per heavy atom. The molecule has 0 spiro atoms. The van der Waals surface area contributed by atoms with Crippen LogP contribution in [0.3, 0.4) is 0 Å². The molecule has 0 saturated carbocycles. The topological polar surface area (TPSA) is 41.5 Å². The smallest absolute Gasteiger partial charge is 0.142 e. The van der Waals surface area contributed by atoms with Gasteiger partial charge in [-0.15, -0.1) is 0 Å². The number of hydrogen-bond donors (Lipinski definition) is 2. The fourth-order valence-electron chi connectivity index (χ4n) is 1.57. The summed E-state index contributed by atoms with van der Waals surface area (Å²) in [5.41, 5.74) is 0.860. The first-order valence-corrected chi connectivity index (χ1v) is 6.14. The van der Waals surface area contributed by atoms with Gasteiger partial charge in [-0.1, -0.05) is 25.4 Å². The molecule has 2 N–H and O–H groups in total. The Labute approximate surface area is 108 Å². The third kappa shape index (κ3) is 4.10. The minimum atomic E-state index is 0.174. The predicted molar refractivity (Wildman–Crippen MR) is 71.9 cm³/mol. The lowest BCUT2D eigenvalue weighted by Crippen LogP contribution is -2.23. The average Bonchev–Trinajstić information content (AvgIpc) is 2.29. The van der Waals surface area contributed by atoms with E-state index in [1.807, 2.05) is 12.1 Å². The summed E-state index contributed by atoms with van der Waals surface area (Å²) in [4.78, 5) is 0. The molecule has 0 amide bonds. The standard InChI is InChI=1S/C13H20ClNO2/c1-9(2)10(8-16)7-15-12-6-11(14)4-5-13(12)17-3/h4-6,9-10,15-16H,7-8H2,1-3H3. The first kappa shape index (κ1) is 14.1. The molecular formula is C13H20ClNO2. The summed E-state index contributed by atoms with van der Waals surface area (Å²) in [6, 6.07) is 5.45. The number of methoxy groups -OCH3 is 1. The predicted octanol–water partition coefficient (Wildman–Crippen LogP) is 3.03. The van der Waals surface area contributed by atoms with Crippen molar-refractivity contribution in [3.63, 3.8) is 0 Å². The molecule has 0 aliphatic heterocycles. The molecule has 1 unspecified atom stereocenters. The molecule has 1 rings (SSSR count). The van der Waals surface area contributed by atoms with Crippen LogP contribution in [0.15, 0.2) is 18.2 Å². The van der Waals surface area contributed by atoms with E-state index in [0.717, 1.165) is 11.4 Å². The molecule has 0 aromatic heterocycles. The third-order valence-corrected chi connectivity index (χ3v) is 3.13. The molecule has 1 aromatic carbocycles. The van der Waals surface area contributed by atoms with Crippen LogP contribution >= 0.6 is 11.6 Å². The van der Waals surface area contributed by atoms with E-state index in [2.05, 4.69) is 19.2 Å². The molecule has 0 saturated heterocycles. The molecular weight excluding hydrogens is 238 g/mol. The summed E-state index contributed by atoms with van der Waals surface area (Å²) in [6.07, 6.45) is 0. The van der Waals surface area contributed by atoms with Crippen molar-refractivity contribution in [3.8, 4) is 5.75 Å². The number of hydrogen-bond acceptors (Lipinski definition) is 3. The molecule has 0 aliphatic rings. The van der Waals surface area contributed by atoms with Crippen LogP contribution in [0.5, 0.6) is 5.75 Å². The molecule has 0 aliphatic carbocycles. The maximum atomic E-state index is 9.26.